The maximum absolute atomic E-state index is 12.3. The van der Waals surface area contributed by atoms with E-state index in [4.69, 9.17) is 0 Å². The minimum atomic E-state index is -3.29. The smallest absolute Gasteiger partial charge is 0.216 e. The van der Waals surface area contributed by atoms with E-state index in [9.17, 15) is 16.8 Å². The van der Waals surface area contributed by atoms with Gasteiger partial charge in [-0.25, -0.2) is 21.6 Å². The second kappa shape index (κ2) is 9.04. The van der Waals surface area contributed by atoms with Gasteiger partial charge in [-0.3, -0.25) is 0 Å². The Labute approximate surface area is 181 Å². The van der Waals surface area contributed by atoms with E-state index in [0.717, 1.165) is 43.6 Å². The number of rotatable bonds is 6. The molecule has 3 rings (SSSR count). The molecule has 1 saturated carbocycles. The minimum absolute atomic E-state index is 0.0399. The lowest BCUT2D eigenvalue weighted by atomic mass is 9.86. The molecule has 1 aromatic carbocycles. The highest BCUT2D eigenvalue weighted by atomic mass is 32.2. The van der Waals surface area contributed by atoms with E-state index in [1.165, 1.54) is 0 Å². The van der Waals surface area contributed by atoms with Crippen LogP contribution < -0.4 is 14.9 Å². The molecule has 2 N–H and O–H groups in total. The van der Waals surface area contributed by atoms with Crippen molar-refractivity contribution in [2.45, 2.75) is 57.2 Å². The summed E-state index contributed by atoms with van der Waals surface area (Å²) in [7, 11) is -6.16. The summed E-state index contributed by atoms with van der Waals surface area (Å²) < 4.78 is 49.9. The van der Waals surface area contributed by atoms with Gasteiger partial charge in [-0.1, -0.05) is 0 Å². The molecule has 0 amide bonds. The molecule has 0 radical (unpaired) electrons. The van der Waals surface area contributed by atoms with Crippen molar-refractivity contribution in [2.24, 2.45) is 5.92 Å². The first-order valence-corrected chi connectivity index (χ1v) is 14.1. The molecular formula is C21H35N3O4S2. The first kappa shape index (κ1) is 23.3. The molecule has 0 bridgehead atoms. The Hall–Kier alpha value is -1.32. The van der Waals surface area contributed by atoms with E-state index in [1.54, 1.807) is 20.8 Å². The van der Waals surface area contributed by atoms with Crippen molar-refractivity contribution in [3.8, 4) is 0 Å². The van der Waals surface area contributed by atoms with Crippen molar-refractivity contribution in [1.29, 1.82) is 0 Å². The van der Waals surface area contributed by atoms with Gasteiger partial charge in [-0.15, -0.1) is 0 Å². The molecule has 1 aliphatic carbocycles. The first-order valence-electron chi connectivity index (χ1n) is 10.8. The van der Waals surface area contributed by atoms with E-state index in [0.29, 0.717) is 19.0 Å². The number of hydrogen-bond acceptors (Lipinski definition) is 6. The Kier molecular flexibility index (Phi) is 7.04. The summed E-state index contributed by atoms with van der Waals surface area (Å²) >= 11 is 0. The zero-order chi connectivity index (χ0) is 22.0. The molecule has 2 fully saturated rings. The van der Waals surface area contributed by atoms with Crippen molar-refractivity contribution < 1.29 is 16.8 Å². The van der Waals surface area contributed by atoms with Gasteiger partial charge in [0.15, 0.2) is 9.84 Å². The maximum Gasteiger partial charge on any atom is 0.216 e. The largest absolute Gasteiger partial charge is 0.385 e. The summed E-state index contributed by atoms with van der Waals surface area (Å²) in [6, 6.07) is 8.21. The molecule has 30 heavy (non-hydrogen) atoms. The highest BCUT2D eigenvalue weighted by Crippen LogP contribution is 2.27. The molecule has 1 aliphatic heterocycles. The van der Waals surface area contributed by atoms with Crippen LogP contribution >= 0.6 is 0 Å². The summed E-state index contributed by atoms with van der Waals surface area (Å²) in [5, 5.41) is 3.49. The van der Waals surface area contributed by atoms with Gasteiger partial charge in [0.05, 0.1) is 16.3 Å². The lowest BCUT2D eigenvalue weighted by Gasteiger charge is -2.31. The second-order valence-electron chi connectivity index (χ2n) is 9.52. The van der Waals surface area contributed by atoms with Crippen LogP contribution in [0.25, 0.3) is 0 Å². The lowest BCUT2D eigenvalue weighted by Crippen LogP contribution is -2.46. The number of sulfonamides is 1. The Morgan fingerprint density at radius 1 is 1.00 bits per heavy atom. The third kappa shape index (κ3) is 6.11. The molecular weight excluding hydrogens is 422 g/mol. The molecule has 1 heterocycles. The van der Waals surface area contributed by atoms with Gasteiger partial charge in [-0.2, -0.15) is 0 Å². The highest BCUT2D eigenvalue weighted by molar-refractivity contribution is 7.91. The molecule has 9 heteroatoms. The average Bonchev–Trinajstić information content (AvgIpc) is 2.67. The molecule has 0 aromatic heterocycles. The van der Waals surface area contributed by atoms with E-state index in [-0.39, 0.29) is 17.5 Å². The van der Waals surface area contributed by atoms with Gasteiger partial charge in [0.25, 0.3) is 0 Å². The lowest BCUT2D eigenvalue weighted by molar-refractivity contribution is 0.322. The number of nitrogens with zero attached hydrogens (tertiary/aromatic N) is 1. The number of nitrogens with one attached hydrogen (secondary N) is 2. The maximum atomic E-state index is 12.3. The van der Waals surface area contributed by atoms with Crippen LogP contribution in [0.15, 0.2) is 24.3 Å². The van der Waals surface area contributed by atoms with E-state index in [2.05, 4.69) is 14.9 Å². The van der Waals surface area contributed by atoms with Crippen molar-refractivity contribution >= 4 is 31.2 Å². The zero-order valence-electron chi connectivity index (χ0n) is 18.2. The van der Waals surface area contributed by atoms with Gasteiger partial charge >= 0.3 is 0 Å². The molecule has 0 atom stereocenters. The van der Waals surface area contributed by atoms with Crippen LogP contribution in [0.4, 0.5) is 11.4 Å². The topological polar surface area (TPSA) is 95.6 Å². The van der Waals surface area contributed by atoms with Crippen LogP contribution in [0.1, 0.15) is 46.5 Å². The van der Waals surface area contributed by atoms with E-state index >= 15 is 0 Å². The summed E-state index contributed by atoms with van der Waals surface area (Å²) in [5.41, 5.74) is 2.11. The molecule has 1 saturated heterocycles. The Bertz CT molecular complexity index is 900. The SMILES string of the molecule is CC(C)(C)S(=O)(=O)NC1CCC(CNc2ccc(N3CCS(=O)(=O)CC3)cc2)CC1. The molecule has 0 spiro atoms. The van der Waals surface area contributed by atoms with Crippen LogP contribution in [0, 0.1) is 5.92 Å². The number of hydrogen-bond donors (Lipinski definition) is 2. The monoisotopic (exact) mass is 457 g/mol. The normalized spacial score (nSPS) is 25.1. The fourth-order valence-electron chi connectivity index (χ4n) is 3.90. The van der Waals surface area contributed by atoms with Gasteiger partial charge < -0.3 is 10.2 Å². The first-order chi connectivity index (χ1) is 14.0. The molecule has 7 nitrogen and oxygen atoms in total. The van der Waals surface area contributed by atoms with Crippen LogP contribution in [0.5, 0.6) is 0 Å². The standard InChI is InChI=1S/C21H35N3O4S2/c1-21(2,3)30(27,28)23-19-6-4-17(5-7-19)16-22-18-8-10-20(11-9-18)24-12-14-29(25,26)15-13-24/h8-11,17,19,22-23H,4-7,12-16H2,1-3H3. The van der Waals surface area contributed by atoms with Crippen molar-refractivity contribution in [1.82, 2.24) is 4.72 Å². The molecule has 1 aromatic rings. The van der Waals surface area contributed by atoms with Crippen LogP contribution in [-0.4, -0.2) is 58.8 Å². The van der Waals surface area contributed by atoms with Crippen molar-refractivity contribution in [3.63, 3.8) is 0 Å². The van der Waals surface area contributed by atoms with E-state index in [1.807, 2.05) is 24.3 Å². The van der Waals surface area contributed by atoms with Gasteiger partial charge in [0, 0.05) is 37.1 Å². The third-order valence-electron chi connectivity index (χ3n) is 6.15. The number of benzene rings is 1. The Morgan fingerprint density at radius 3 is 2.10 bits per heavy atom. The van der Waals surface area contributed by atoms with Crippen molar-refractivity contribution in [3.05, 3.63) is 24.3 Å². The summed E-state index contributed by atoms with van der Waals surface area (Å²) in [5.74, 6) is 0.982. The highest BCUT2D eigenvalue weighted by Gasteiger charge is 2.32. The average molecular weight is 458 g/mol. The predicted octanol–water partition coefficient (Wildman–Crippen LogP) is 2.61. The molecule has 2 aliphatic rings. The molecule has 0 unspecified atom stereocenters. The minimum Gasteiger partial charge on any atom is -0.385 e. The van der Waals surface area contributed by atoms with Crippen LogP contribution in [0.2, 0.25) is 0 Å². The van der Waals surface area contributed by atoms with Gasteiger partial charge in [0.1, 0.15) is 0 Å². The number of sulfone groups is 1. The Balaban J connectivity index is 1.43. The fourth-order valence-corrected chi connectivity index (χ4v) is 6.13. The Morgan fingerprint density at radius 2 is 1.57 bits per heavy atom. The number of anilines is 2. The van der Waals surface area contributed by atoms with Crippen LogP contribution in [-0.2, 0) is 19.9 Å². The summed E-state index contributed by atoms with van der Waals surface area (Å²) in [4.78, 5) is 2.12. The fraction of sp³-hybridized carbons (Fsp3) is 0.714. The van der Waals surface area contributed by atoms with Gasteiger partial charge in [0.2, 0.25) is 10.0 Å². The quantitative estimate of drug-likeness (QED) is 0.682. The zero-order valence-corrected chi connectivity index (χ0v) is 19.9. The third-order valence-corrected chi connectivity index (χ3v) is 10.0. The summed E-state index contributed by atoms with van der Waals surface area (Å²) in [6.07, 6.45) is 3.76. The molecule has 170 valence electrons. The van der Waals surface area contributed by atoms with Crippen LogP contribution in [0.3, 0.4) is 0 Å². The van der Waals surface area contributed by atoms with Crippen molar-refractivity contribution in [2.75, 3.05) is 41.4 Å². The summed E-state index contributed by atoms with van der Waals surface area (Å²) in [6.45, 7) is 7.16. The van der Waals surface area contributed by atoms with Gasteiger partial charge in [-0.05, 0) is 76.6 Å². The second-order valence-corrected chi connectivity index (χ2v) is 14.3. The van der Waals surface area contributed by atoms with E-state index < -0.39 is 24.6 Å². The predicted molar refractivity (Wildman–Crippen MR) is 123 cm³/mol.